The molecular weight excluding hydrogens is 152 g/mol. The van der Waals surface area contributed by atoms with Gasteiger partial charge in [-0.1, -0.05) is 19.8 Å². The molecule has 0 aliphatic carbocycles. The molecule has 0 rings (SSSR count). The molecule has 0 unspecified atom stereocenters. The van der Waals surface area contributed by atoms with Crippen molar-refractivity contribution in [2.24, 2.45) is 0 Å². The molecular formula is C10H18S. The topological polar surface area (TPSA) is 0 Å². The number of unbranched alkanes of at least 4 members (excludes halogenated alkanes) is 3. The van der Waals surface area contributed by atoms with Gasteiger partial charge in [0.1, 0.15) is 0 Å². The second-order valence-corrected chi connectivity index (χ2v) is 3.85. The average Bonchev–Trinajstić information content (AvgIpc) is 2.03. The number of hydrogen-bond acceptors (Lipinski definition) is 1. The minimum absolute atomic E-state index is 0.945. The van der Waals surface area contributed by atoms with Crippen LogP contribution >= 0.6 is 11.8 Å². The lowest BCUT2D eigenvalue weighted by molar-refractivity contribution is 0.778. The molecule has 1 heteroatoms. The van der Waals surface area contributed by atoms with Gasteiger partial charge in [-0.3, -0.25) is 0 Å². The smallest absolute Gasteiger partial charge is 0.00939 e. The van der Waals surface area contributed by atoms with Crippen molar-refractivity contribution in [2.45, 2.75) is 39.0 Å². The molecule has 0 bridgehead atoms. The van der Waals surface area contributed by atoms with Crippen molar-refractivity contribution < 1.29 is 0 Å². The van der Waals surface area contributed by atoms with E-state index in [9.17, 15) is 0 Å². The van der Waals surface area contributed by atoms with Crippen LogP contribution in [0.2, 0.25) is 0 Å². The molecule has 0 atom stereocenters. The van der Waals surface area contributed by atoms with Crippen LogP contribution in [0.25, 0.3) is 0 Å². The zero-order valence-electron chi connectivity index (χ0n) is 7.44. The summed E-state index contributed by atoms with van der Waals surface area (Å²) in [4.78, 5) is 0. The van der Waals surface area contributed by atoms with E-state index < -0.39 is 0 Å². The first-order valence-electron chi connectivity index (χ1n) is 4.43. The summed E-state index contributed by atoms with van der Waals surface area (Å²) in [5.74, 6) is 5.22. The molecule has 0 nitrogen and oxygen atoms in total. The van der Waals surface area contributed by atoms with Gasteiger partial charge in [-0.2, -0.15) is 11.8 Å². The van der Waals surface area contributed by atoms with Gasteiger partial charge in [-0.05, 0) is 24.3 Å². The fourth-order valence-corrected chi connectivity index (χ4v) is 1.79. The molecule has 0 aromatic rings. The van der Waals surface area contributed by atoms with Crippen LogP contribution in [0.1, 0.15) is 39.0 Å². The van der Waals surface area contributed by atoms with E-state index in [0.717, 1.165) is 6.42 Å². The highest BCUT2D eigenvalue weighted by atomic mass is 32.2. The van der Waals surface area contributed by atoms with Gasteiger partial charge in [0.05, 0.1) is 0 Å². The molecule has 0 heterocycles. The summed E-state index contributed by atoms with van der Waals surface area (Å²) in [6.07, 6.45) is 11.3. The molecule has 0 N–H and O–H groups in total. The predicted molar refractivity (Wildman–Crippen MR) is 54.9 cm³/mol. The molecule has 0 aromatic heterocycles. The molecule has 64 valence electrons. The predicted octanol–water partition coefficient (Wildman–Crippen LogP) is 3.32. The van der Waals surface area contributed by atoms with Gasteiger partial charge in [0, 0.05) is 6.42 Å². The largest absolute Gasteiger partial charge is 0.162 e. The Morgan fingerprint density at radius 2 is 1.91 bits per heavy atom. The van der Waals surface area contributed by atoms with Crippen molar-refractivity contribution in [3.8, 4) is 12.3 Å². The van der Waals surface area contributed by atoms with Crippen molar-refractivity contribution in [2.75, 3.05) is 11.5 Å². The summed E-state index contributed by atoms with van der Waals surface area (Å²) >= 11 is 2.04. The first-order valence-corrected chi connectivity index (χ1v) is 5.58. The normalized spacial score (nSPS) is 9.45. The molecule has 0 saturated heterocycles. The summed E-state index contributed by atoms with van der Waals surface area (Å²) in [5, 5.41) is 0. The van der Waals surface area contributed by atoms with Crippen LogP contribution < -0.4 is 0 Å². The summed E-state index contributed by atoms with van der Waals surface area (Å²) < 4.78 is 0. The van der Waals surface area contributed by atoms with Crippen LogP contribution in [0.15, 0.2) is 0 Å². The van der Waals surface area contributed by atoms with E-state index >= 15 is 0 Å². The van der Waals surface area contributed by atoms with Crippen molar-refractivity contribution in [1.82, 2.24) is 0 Å². The van der Waals surface area contributed by atoms with Gasteiger partial charge in [0.2, 0.25) is 0 Å². The van der Waals surface area contributed by atoms with Crippen molar-refractivity contribution >= 4 is 11.8 Å². The maximum Gasteiger partial charge on any atom is 0.00939 e. The van der Waals surface area contributed by atoms with Crippen molar-refractivity contribution in [3.63, 3.8) is 0 Å². The van der Waals surface area contributed by atoms with Gasteiger partial charge >= 0.3 is 0 Å². The molecule has 11 heavy (non-hydrogen) atoms. The highest BCUT2D eigenvalue weighted by Gasteiger charge is 1.88. The zero-order chi connectivity index (χ0) is 8.36. The van der Waals surface area contributed by atoms with Crippen LogP contribution in [-0.2, 0) is 0 Å². The van der Waals surface area contributed by atoms with E-state index in [1.54, 1.807) is 0 Å². The highest BCUT2D eigenvalue weighted by Crippen LogP contribution is 2.08. The van der Waals surface area contributed by atoms with Crippen LogP contribution in [0, 0.1) is 12.3 Å². The van der Waals surface area contributed by atoms with E-state index in [1.807, 2.05) is 11.8 Å². The standard InChI is InChI=1S/C10H18S/c1-3-5-7-9-11-10-8-6-4-2/h1H,4-10H2,2H3. The van der Waals surface area contributed by atoms with Gasteiger partial charge in [-0.25, -0.2) is 0 Å². The quantitative estimate of drug-likeness (QED) is 0.417. The Morgan fingerprint density at radius 3 is 2.55 bits per heavy atom. The third-order valence-electron chi connectivity index (χ3n) is 1.50. The lowest BCUT2D eigenvalue weighted by atomic mass is 10.3. The summed E-state index contributed by atoms with van der Waals surface area (Å²) in [6.45, 7) is 2.24. The van der Waals surface area contributed by atoms with E-state index in [-0.39, 0.29) is 0 Å². The Balaban J connectivity index is 2.75. The third-order valence-corrected chi connectivity index (χ3v) is 2.66. The second-order valence-electron chi connectivity index (χ2n) is 2.63. The maximum absolute atomic E-state index is 5.13. The second kappa shape index (κ2) is 9.91. The Morgan fingerprint density at radius 1 is 1.18 bits per heavy atom. The van der Waals surface area contributed by atoms with E-state index in [4.69, 9.17) is 6.42 Å². The summed E-state index contributed by atoms with van der Waals surface area (Å²) in [6, 6.07) is 0. The molecule has 0 aliphatic heterocycles. The van der Waals surface area contributed by atoms with Gasteiger partial charge < -0.3 is 0 Å². The molecule has 0 aliphatic rings. The molecule has 0 aromatic carbocycles. The number of hydrogen-bond donors (Lipinski definition) is 0. The van der Waals surface area contributed by atoms with Crippen LogP contribution in [0.3, 0.4) is 0 Å². The zero-order valence-corrected chi connectivity index (χ0v) is 8.25. The minimum atomic E-state index is 0.945. The molecule has 0 saturated carbocycles. The van der Waals surface area contributed by atoms with E-state index in [1.165, 1.54) is 37.2 Å². The lowest BCUT2D eigenvalue weighted by Crippen LogP contribution is -1.83. The Kier molecular flexibility index (Phi) is 9.83. The van der Waals surface area contributed by atoms with Crippen LogP contribution in [0.5, 0.6) is 0 Å². The Hall–Kier alpha value is -0.0900. The number of thioether (sulfide) groups is 1. The highest BCUT2D eigenvalue weighted by molar-refractivity contribution is 7.99. The SMILES string of the molecule is C#CCCCSCCCCC. The summed E-state index contributed by atoms with van der Waals surface area (Å²) in [7, 11) is 0. The van der Waals surface area contributed by atoms with Crippen LogP contribution in [0.4, 0.5) is 0 Å². The first kappa shape index (κ1) is 10.9. The molecule has 0 fully saturated rings. The average molecular weight is 170 g/mol. The lowest BCUT2D eigenvalue weighted by Gasteiger charge is -1.97. The molecule has 0 spiro atoms. The number of terminal acetylenes is 1. The number of rotatable bonds is 7. The van der Waals surface area contributed by atoms with Gasteiger partial charge in [0.25, 0.3) is 0 Å². The van der Waals surface area contributed by atoms with Gasteiger partial charge in [-0.15, -0.1) is 12.3 Å². The Labute approximate surface area is 75.1 Å². The Bertz CT molecular complexity index is 102. The fourth-order valence-electron chi connectivity index (χ4n) is 0.832. The van der Waals surface area contributed by atoms with Crippen LogP contribution in [-0.4, -0.2) is 11.5 Å². The van der Waals surface area contributed by atoms with E-state index in [2.05, 4.69) is 12.8 Å². The molecule has 0 amide bonds. The van der Waals surface area contributed by atoms with Gasteiger partial charge in [0.15, 0.2) is 0 Å². The van der Waals surface area contributed by atoms with E-state index in [0.29, 0.717) is 0 Å². The summed E-state index contributed by atoms with van der Waals surface area (Å²) in [5.41, 5.74) is 0. The van der Waals surface area contributed by atoms with Crippen molar-refractivity contribution in [3.05, 3.63) is 0 Å². The minimum Gasteiger partial charge on any atom is -0.162 e. The molecule has 0 radical (unpaired) electrons. The maximum atomic E-state index is 5.13. The monoisotopic (exact) mass is 170 g/mol. The first-order chi connectivity index (χ1) is 5.41. The fraction of sp³-hybridized carbons (Fsp3) is 0.800. The van der Waals surface area contributed by atoms with Crippen molar-refractivity contribution in [1.29, 1.82) is 0 Å². The third kappa shape index (κ3) is 9.91.